The van der Waals surface area contributed by atoms with Crippen molar-refractivity contribution in [2.45, 2.75) is 348 Å². The lowest BCUT2D eigenvalue weighted by Gasteiger charge is -2.18. The van der Waals surface area contributed by atoms with Gasteiger partial charge >= 0.3 is 17.9 Å². The number of carbonyl (C=O) groups excluding carboxylic acids is 3. The third kappa shape index (κ3) is 60.1. The smallest absolute Gasteiger partial charge is 0.306 e. The molecular weight excluding hydrogens is 901 g/mol. The molecule has 0 spiro atoms. The van der Waals surface area contributed by atoms with Crippen molar-refractivity contribution in [1.29, 1.82) is 0 Å². The molecule has 0 N–H and O–H groups in total. The lowest BCUT2D eigenvalue weighted by atomic mass is 10.0. The minimum absolute atomic E-state index is 0.0812. The number of ether oxygens (including phenoxy) is 3. The molecule has 0 saturated heterocycles. The van der Waals surface area contributed by atoms with Gasteiger partial charge in [-0.15, -0.1) is 0 Å². The minimum Gasteiger partial charge on any atom is -0.462 e. The van der Waals surface area contributed by atoms with E-state index in [2.05, 4.69) is 69.4 Å². The highest BCUT2D eigenvalue weighted by molar-refractivity contribution is 5.71. The summed E-state index contributed by atoms with van der Waals surface area (Å²) in [6.45, 7) is 6.55. The first-order chi connectivity index (χ1) is 36.0. The van der Waals surface area contributed by atoms with Crippen LogP contribution in [-0.4, -0.2) is 37.2 Å². The molecule has 0 aliphatic carbocycles. The predicted molar refractivity (Wildman–Crippen MR) is 316 cm³/mol. The van der Waals surface area contributed by atoms with Gasteiger partial charge in [-0.1, -0.05) is 313 Å². The molecule has 0 aromatic carbocycles. The molecule has 0 fully saturated rings. The van der Waals surface area contributed by atoms with Gasteiger partial charge in [0, 0.05) is 19.3 Å². The predicted octanol–water partition coefficient (Wildman–Crippen LogP) is 21.8. The quantitative estimate of drug-likeness (QED) is 0.0261. The van der Waals surface area contributed by atoms with Crippen LogP contribution in [0.4, 0.5) is 0 Å². The highest BCUT2D eigenvalue weighted by atomic mass is 16.6. The first-order valence-corrected chi connectivity index (χ1v) is 32.1. The van der Waals surface area contributed by atoms with Gasteiger partial charge in [-0.3, -0.25) is 14.4 Å². The van der Waals surface area contributed by atoms with Crippen molar-refractivity contribution in [1.82, 2.24) is 0 Å². The summed E-state index contributed by atoms with van der Waals surface area (Å²) in [6.07, 6.45) is 77.0. The van der Waals surface area contributed by atoms with Gasteiger partial charge in [0.05, 0.1) is 0 Å². The Bertz CT molecular complexity index is 1270. The summed E-state index contributed by atoms with van der Waals surface area (Å²) in [4.78, 5) is 38.3. The average Bonchev–Trinajstić information content (AvgIpc) is 3.39. The Kier molecular flexibility index (Phi) is 59.7. The highest BCUT2D eigenvalue weighted by Crippen LogP contribution is 2.18. The zero-order valence-corrected chi connectivity index (χ0v) is 48.9. The molecule has 1 unspecified atom stereocenters. The van der Waals surface area contributed by atoms with Crippen LogP contribution in [0.25, 0.3) is 0 Å². The summed E-state index contributed by atoms with van der Waals surface area (Å²) < 4.78 is 16.9. The summed E-state index contributed by atoms with van der Waals surface area (Å²) in [5.41, 5.74) is 0. The molecule has 0 saturated carbocycles. The molecule has 0 aromatic rings. The number of rotatable bonds is 59. The van der Waals surface area contributed by atoms with Gasteiger partial charge in [0.15, 0.2) is 6.10 Å². The zero-order chi connectivity index (χ0) is 52.9. The molecule has 1 atom stereocenters. The Morgan fingerprint density at radius 1 is 0.288 bits per heavy atom. The fraction of sp³-hybridized carbons (Fsp3) is 0.836. The van der Waals surface area contributed by atoms with Crippen molar-refractivity contribution >= 4 is 17.9 Å². The van der Waals surface area contributed by atoms with E-state index in [-0.39, 0.29) is 31.1 Å². The number of carbonyl (C=O) groups is 3. The summed E-state index contributed by atoms with van der Waals surface area (Å²) in [5.74, 6) is -0.901. The lowest BCUT2D eigenvalue weighted by Crippen LogP contribution is -2.30. The average molecular weight is 1020 g/mol. The van der Waals surface area contributed by atoms with E-state index in [9.17, 15) is 14.4 Å². The van der Waals surface area contributed by atoms with Gasteiger partial charge in [0.1, 0.15) is 13.2 Å². The number of unbranched alkanes of at least 4 members (excludes halogenated alkanes) is 40. The fourth-order valence-electron chi connectivity index (χ4n) is 9.56. The second kappa shape index (κ2) is 61.9. The van der Waals surface area contributed by atoms with Crippen LogP contribution < -0.4 is 0 Å². The van der Waals surface area contributed by atoms with Crippen LogP contribution in [0.5, 0.6) is 0 Å². The SMILES string of the molecule is CC/C=C\C/C=C\C/C=C\C/C=C\CCCCC(=O)OCC(COC(=O)CCCCCCCCCCCCCCCCCCCCCCCC)OC(=O)CCCCCCCCCCCCCCCCCCCC. The number of hydrogen-bond acceptors (Lipinski definition) is 6. The molecular formula is C67H122O6. The summed E-state index contributed by atoms with van der Waals surface area (Å²) in [6, 6.07) is 0. The number of esters is 3. The maximum absolute atomic E-state index is 12.9. The number of allylic oxidation sites excluding steroid dienone is 8. The van der Waals surface area contributed by atoms with Crippen molar-refractivity contribution in [3.63, 3.8) is 0 Å². The summed E-state index contributed by atoms with van der Waals surface area (Å²) in [5, 5.41) is 0. The van der Waals surface area contributed by atoms with Crippen LogP contribution in [0.3, 0.4) is 0 Å². The van der Waals surface area contributed by atoms with Gasteiger partial charge in [0.2, 0.25) is 0 Å². The molecule has 73 heavy (non-hydrogen) atoms. The van der Waals surface area contributed by atoms with Crippen LogP contribution in [0.1, 0.15) is 342 Å². The van der Waals surface area contributed by atoms with Gasteiger partial charge in [0.25, 0.3) is 0 Å². The van der Waals surface area contributed by atoms with Crippen molar-refractivity contribution in [3.05, 3.63) is 48.6 Å². The van der Waals surface area contributed by atoms with E-state index < -0.39 is 6.10 Å². The minimum atomic E-state index is -0.787. The first kappa shape index (κ1) is 70.4. The van der Waals surface area contributed by atoms with E-state index in [1.807, 2.05) is 0 Å². The van der Waals surface area contributed by atoms with E-state index >= 15 is 0 Å². The summed E-state index contributed by atoms with van der Waals surface area (Å²) in [7, 11) is 0. The molecule has 0 aromatic heterocycles. The Hall–Kier alpha value is -2.63. The monoisotopic (exact) mass is 1020 g/mol. The fourth-order valence-corrected chi connectivity index (χ4v) is 9.56. The van der Waals surface area contributed by atoms with E-state index in [1.165, 1.54) is 218 Å². The molecule has 6 heteroatoms. The Morgan fingerprint density at radius 3 is 0.836 bits per heavy atom. The van der Waals surface area contributed by atoms with Gasteiger partial charge in [-0.2, -0.15) is 0 Å². The molecule has 0 radical (unpaired) electrons. The van der Waals surface area contributed by atoms with Gasteiger partial charge < -0.3 is 14.2 Å². The molecule has 0 rings (SSSR count). The molecule has 0 aliphatic rings. The molecule has 426 valence electrons. The van der Waals surface area contributed by atoms with Gasteiger partial charge in [-0.05, 0) is 57.8 Å². The maximum Gasteiger partial charge on any atom is 0.306 e. The van der Waals surface area contributed by atoms with Crippen LogP contribution in [-0.2, 0) is 28.6 Å². The van der Waals surface area contributed by atoms with E-state index in [0.29, 0.717) is 19.3 Å². The van der Waals surface area contributed by atoms with Crippen molar-refractivity contribution < 1.29 is 28.6 Å². The third-order valence-corrected chi connectivity index (χ3v) is 14.3. The largest absolute Gasteiger partial charge is 0.462 e. The third-order valence-electron chi connectivity index (χ3n) is 14.3. The zero-order valence-electron chi connectivity index (χ0n) is 48.9. The molecule has 0 heterocycles. The lowest BCUT2D eigenvalue weighted by molar-refractivity contribution is -0.167. The van der Waals surface area contributed by atoms with E-state index in [4.69, 9.17) is 14.2 Å². The second-order valence-corrected chi connectivity index (χ2v) is 21.7. The van der Waals surface area contributed by atoms with Crippen molar-refractivity contribution in [3.8, 4) is 0 Å². The highest BCUT2D eigenvalue weighted by Gasteiger charge is 2.19. The Labute approximate surface area is 454 Å². The second-order valence-electron chi connectivity index (χ2n) is 21.7. The van der Waals surface area contributed by atoms with Crippen LogP contribution in [0, 0.1) is 0 Å². The molecule has 0 amide bonds. The topological polar surface area (TPSA) is 78.9 Å². The summed E-state index contributed by atoms with van der Waals surface area (Å²) >= 11 is 0. The van der Waals surface area contributed by atoms with Crippen LogP contribution >= 0.6 is 0 Å². The normalized spacial score (nSPS) is 12.3. The first-order valence-electron chi connectivity index (χ1n) is 32.1. The van der Waals surface area contributed by atoms with E-state index in [1.54, 1.807) is 0 Å². The standard InChI is InChI=1S/C67H122O6/c1-4-7-10-13-16-19-22-25-28-30-32-33-34-35-37-39-42-45-48-51-54-57-60-66(69)72-63-64(62-71-65(68)59-56-53-50-47-44-41-38-27-24-21-18-15-12-9-6-3)73-67(70)61-58-55-52-49-46-43-40-36-31-29-26-23-20-17-14-11-8-5-2/h9,12,18,21,27,38,44,47,64H,4-8,10-11,13-17,19-20,22-26,28-37,39-43,45-46,48-63H2,1-3H3/b12-9-,21-18-,38-27-,47-44-. The van der Waals surface area contributed by atoms with Crippen molar-refractivity contribution in [2.75, 3.05) is 13.2 Å². The van der Waals surface area contributed by atoms with Crippen molar-refractivity contribution in [2.24, 2.45) is 0 Å². The Morgan fingerprint density at radius 2 is 0.534 bits per heavy atom. The van der Waals surface area contributed by atoms with Crippen LogP contribution in [0.2, 0.25) is 0 Å². The maximum atomic E-state index is 12.9. The van der Waals surface area contributed by atoms with Gasteiger partial charge in [-0.25, -0.2) is 0 Å². The van der Waals surface area contributed by atoms with E-state index in [0.717, 1.165) is 83.5 Å². The molecule has 0 bridgehead atoms. The Balaban J connectivity index is 4.32. The van der Waals surface area contributed by atoms with Crippen LogP contribution in [0.15, 0.2) is 48.6 Å². The molecule has 6 nitrogen and oxygen atoms in total. The molecule has 0 aliphatic heterocycles. The number of hydrogen-bond donors (Lipinski definition) is 0.